The summed E-state index contributed by atoms with van der Waals surface area (Å²) >= 11 is 0. The Labute approximate surface area is 123 Å². The van der Waals surface area contributed by atoms with Crippen molar-refractivity contribution < 1.29 is 0 Å². The Kier molecular flexibility index (Phi) is 5.84. The van der Waals surface area contributed by atoms with Crippen LogP contribution in [-0.2, 0) is 5.41 Å². The Morgan fingerprint density at radius 1 is 1.11 bits per heavy atom. The van der Waals surface area contributed by atoms with Crippen LogP contribution in [0.2, 0.25) is 0 Å². The number of rotatable bonds is 2. The van der Waals surface area contributed by atoms with E-state index in [1.807, 2.05) is 0 Å². The van der Waals surface area contributed by atoms with Crippen LogP contribution >= 0.6 is 12.4 Å². The Morgan fingerprint density at radius 3 is 2.11 bits per heavy atom. The molecule has 1 aromatic rings. The summed E-state index contributed by atoms with van der Waals surface area (Å²) in [6.07, 6.45) is 2.39. The molecule has 3 N–H and O–H groups in total. The normalized spacial score (nSPS) is 18.7. The lowest BCUT2D eigenvalue weighted by Gasteiger charge is -2.29. The van der Waals surface area contributed by atoms with Crippen LogP contribution in [0, 0.1) is 5.92 Å². The molecule has 108 valence electrons. The SMILES string of the molecule is CC(C)(C)c1ccc([C@H](N)C2CCNCC2)cc1.Cl. The van der Waals surface area contributed by atoms with Crippen molar-refractivity contribution in [1.82, 2.24) is 5.32 Å². The van der Waals surface area contributed by atoms with E-state index in [1.165, 1.54) is 24.0 Å². The van der Waals surface area contributed by atoms with Crippen LogP contribution in [0.25, 0.3) is 0 Å². The lowest BCUT2D eigenvalue weighted by molar-refractivity contribution is 0.322. The van der Waals surface area contributed by atoms with Gasteiger partial charge in [0.05, 0.1) is 0 Å². The largest absolute Gasteiger partial charge is 0.324 e. The average molecular weight is 283 g/mol. The van der Waals surface area contributed by atoms with Crippen LogP contribution < -0.4 is 11.1 Å². The molecule has 2 rings (SSSR count). The molecular formula is C16H27ClN2. The second-order valence-electron chi connectivity index (χ2n) is 6.49. The van der Waals surface area contributed by atoms with E-state index >= 15 is 0 Å². The van der Waals surface area contributed by atoms with Gasteiger partial charge in [-0.25, -0.2) is 0 Å². The lowest BCUT2D eigenvalue weighted by Crippen LogP contribution is -2.33. The van der Waals surface area contributed by atoms with E-state index in [0.29, 0.717) is 5.92 Å². The number of hydrogen-bond donors (Lipinski definition) is 2. The second-order valence-corrected chi connectivity index (χ2v) is 6.49. The Bertz CT molecular complexity index is 375. The molecule has 0 saturated carbocycles. The highest BCUT2D eigenvalue weighted by Crippen LogP contribution is 2.29. The molecule has 19 heavy (non-hydrogen) atoms. The first kappa shape index (κ1) is 16.5. The van der Waals surface area contributed by atoms with Gasteiger partial charge in [-0.15, -0.1) is 12.4 Å². The minimum Gasteiger partial charge on any atom is -0.324 e. The number of halogens is 1. The summed E-state index contributed by atoms with van der Waals surface area (Å²) < 4.78 is 0. The van der Waals surface area contributed by atoms with Gasteiger partial charge in [-0.3, -0.25) is 0 Å². The molecule has 1 saturated heterocycles. The van der Waals surface area contributed by atoms with E-state index in [0.717, 1.165) is 13.1 Å². The highest BCUT2D eigenvalue weighted by atomic mass is 35.5. The highest BCUT2D eigenvalue weighted by Gasteiger charge is 2.22. The van der Waals surface area contributed by atoms with E-state index in [4.69, 9.17) is 5.73 Å². The van der Waals surface area contributed by atoms with E-state index in [2.05, 4.69) is 50.4 Å². The van der Waals surface area contributed by atoms with E-state index < -0.39 is 0 Å². The Hall–Kier alpha value is -0.570. The molecule has 2 nitrogen and oxygen atoms in total. The van der Waals surface area contributed by atoms with Crippen molar-refractivity contribution in [3.05, 3.63) is 35.4 Å². The molecule has 1 fully saturated rings. The average Bonchev–Trinajstić information content (AvgIpc) is 2.38. The highest BCUT2D eigenvalue weighted by molar-refractivity contribution is 5.85. The maximum atomic E-state index is 6.40. The molecule has 3 heteroatoms. The maximum absolute atomic E-state index is 6.40. The molecule has 1 heterocycles. The van der Waals surface area contributed by atoms with Crippen LogP contribution in [0.3, 0.4) is 0 Å². The summed E-state index contributed by atoms with van der Waals surface area (Å²) in [5.41, 5.74) is 9.29. The first-order valence-corrected chi connectivity index (χ1v) is 7.05. The zero-order valence-corrected chi connectivity index (χ0v) is 13.1. The van der Waals surface area contributed by atoms with E-state index in [-0.39, 0.29) is 23.9 Å². The fraction of sp³-hybridized carbons (Fsp3) is 0.625. The van der Waals surface area contributed by atoms with Crippen LogP contribution in [-0.4, -0.2) is 13.1 Å². The van der Waals surface area contributed by atoms with Crippen molar-refractivity contribution in [3.8, 4) is 0 Å². The fourth-order valence-electron chi connectivity index (χ4n) is 2.68. The van der Waals surface area contributed by atoms with Gasteiger partial charge >= 0.3 is 0 Å². The summed E-state index contributed by atoms with van der Waals surface area (Å²) in [5.74, 6) is 0.631. The van der Waals surface area contributed by atoms with Crippen molar-refractivity contribution in [2.75, 3.05) is 13.1 Å². The molecule has 1 atom stereocenters. The lowest BCUT2D eigenvalue weighted by atomic mass is 9.83. The first-order valence-electron chi connectivity index (χ1n) is 7.05. The number of hydrogen-bond acceptors (Lipinski definition) is 2. The monoisotopic (exact) mass is 282 g/mol. The molecule has 0 amide bonds. The molecule has 0 aliphatic carbocycles. The number of benzene rings is 1. The fourth-order valence-corrected chi connectivity index (χ4v) is 2.68. The molecule has 0 aromatic heterocycles. The van der Waals surface area contributed by atoms with E-state index in [1.54, 1.807) is 0 Å². The summed E-state index contributed by atoms with van der Waals surface area (Å²) in [6, 6.07) is 9.09. The standard InChI is InChI=1S/C16H26N2.ClH/c1-16(2,3)14-6-4-12(5-7-14)15(17)13-8-10-18-11-9-13;/h4-7,13,15,18H,8-11,17H2,1-3H3;1H/t15-;/m0./s1. The van der Waals surface area contributed by atoms with Gasteiger partial charge in [0.1, 0.15) is 0 Å². The Balaban J connectivity index is 0.00000180. The number of nitrogens with two attached hydrogens (primary N) is 1. The van der Waals surface area contributed by atoms with Gasteiger partial charge in [0, 0.05) is 6.04 Å². The Morgan fingerprint density at radius 2 is 1.63 bits per heavy atom. The maximum Gasteiger partial charge on any atom is 0.0324 e. The third kappa shape index (κ3) is 4.20. The molecule has 1 aliphatic heterocycles. The topological polar surface area (TPSA) is 38.0 Å². The first-order chi connectivity index (χ1) is 8.48. The van der Waals surface area contributed by atoms with Crippen LogP contribution in [0.5, 0.6) is 0 Å². The molecule has 0 spiro atoms. The van der Waals surface area contributed by atoms with Crippen molar-refractivity contribution in [2.24, 2.45) is 11.7 Å². The minimum atomic E-state index is 0. The van der Waals surface area contributed by atoms with Crippen molar-refractivity contribution in [3.63, 3.8) is 0 Å². The van der Waals surface area contributed by atoms with Gasteiger partial charge in [0.15, 0.2) is 0 Å². The van der Waals surface area contributed by atoms with Crippen molar-refractivity contribution in [2.45, 2.75) is 45.1 Å². The third-order valence-electron chi connectivity index (χ3n) is 4.05. The molecule has 0 radical (unpaired) electrons. The van der Waals surface area contributed by atoms with Gasteiger partial charge in [-0.2, -0.15) is 0 Å². The predicted octanol–water partition coefficient (Wildman–Crippen LogP) is 3.41. The second kappa shape index (κ2) is 6.74. The number of piperidine rings is 1. The smallest absolute Gasteiger partial charge is 0.0324 e. The van der Waals surface area contributed by atoms with Crippen molar-refractivity contribution >= 4 is 12.4 Å². The van der Waals surface area contributed by atoms with Gasteiger partial charge in [0.25, 0.3) is 0 Å². The summed E-state index contributed by atoms with van der Waals surface area (Å²) in [7, 11) is 0. The van der Waals surface area contributed by atoms with Crippen LogP contribution in [0.4, 0.5) is 0 Å². The van der Waals surface area contributed by atoms with Gasteiger partial charge in [0.2, 0.25) is 0 Å². The van der Waals surface area contributed by atoms with Crippen LogP contribution in [0.1, 0.15) is 50.8 Å². The van der Waals surface area contributed by atoms with Gasteiger partial charge in [-0.05, 0) is 48.4 Å². The predicted molar refractivity (Wildman–Crippen MR) is 84.9 cm³/mol. The molecule has 1 aliphatic rings. The van der Waals surface area contributed by atoms with E-state index in [9.17, 15) is 0 Å². The number of nitrogens with one attached hydrogen (secondary N) is 1. The van der Waals surface area contributed by atoms with Crippen molar-refractivity contribution in [1.29, 1.82) is 0 Å². The summed E-state index contributed by atoms with van der Waals surface area (Å²) in [4.78, 5) is 0. The van der Waals surface area contributed by atoms with Gasteiger partial charge < -0.3 is 11.1 Å². The minimum absolute atomic E-state index is 0. The zero-order valence-electron chi connectivity index (χ0n) is 12.3. The molecule has 0 unspecified atom stereocenters. The summed E-state index contributed by atoms with van der Waals surface area (Å²) in [5, 5.41) is 3.39. The third-order valence-corrected chi connectivity index (χ3v) is 4.05. The quantitative estimate of drug-likeness (QED) is 0.872. The zero-order chi connectivity index (χ0) is 13.2. The van der Waals surface area contributed by atoms with Crippen LogP contribution in [0.15, 0.2) is 24.3 Å². The summed E-state index contributed by atoms with van der Waals surface area (Å²) in [6.45, 7) is 8.95. The molecular weight excluding hydrogens is 256 g/mol. The molecule has 0 bridgehead atoms. The molecule has 1 aromatic carbocycles. The van der Waals surface area contributed by atoms with Gasteiger partial charge in [-0.1, -0.05) is 45.0 Å².